The van der Waals surface area contributed by atoms with Crippen molar-refractivity contribution in [2.45, 2.75) is 94.9 Å². The number of aliphatic carboxylic acids is 3. The van der Waals surface area contributed by atoms with Gasteiger partial charge in [-0.05, 0) is 44.1 Å². The van der Waals surface area contributed by atoms with Crippen molar-refractivity contribution in [2.75, 3.05) is 12.3 Å². The van der Waals surface area contributed by atoms with E-state index in [1.54, 1.807) is 0 Å². The number of unbranched alkanes of at least 4 members (excludes halogenated alkanes) is 4. The first kappa shape index (κ1) is 37.6. The maximum atomic E-state index is 13.0. The molecular formula is C30H45N3O9S. The van der Waals surface area contributed by atoms with Gasteiger partial charge in [-0.25, -0.2) is 0 Å². The number of nitrogens with two attached hydrogens (primary N) is 1. The molecule has 1 fully saturated rings. The minimum absolute atomic E-state index is 0.0152. The van der Waals surface area contributed by atoms with Crippen molar-refractivity contribution in [3.8, 4) is 0 Å². The standard InChI is InChI=1S/C30H45N3O9S/c1-2-3-4-5-6-9-12-20-21(13-10-7-8-11-14-27(36)37)25(17-24(20)34)43-19-23(29(40)32-18-28(38)39)33-26(35)16-15-22(31)30(41)42/h6-7,9-10,12,21-23,25H,2-5,8,11,13-19,31H2,1H3,(H,32,40)(H,33,35)(H,36,37)(H,38,39)(H,41,42)/b9-6+,10-7-,20-12+/t21-,22+,23+,25-/m1/s1. The molecule has 1 saturated carbocycles. The maximum Gasteiger partial charge on any atom is 0.322 e. The summed E-state index contributed by atoms with van der Waals surface area (Å²) < 4.78 is 0. The summed E-state index contributed by atoms with van der Waals surface area (Å²) in [6.45, 7) is 1.48. The van der Waals surface area contributed by atoms with Crippen molar-refractivity contribution in [1.29, 1.82) is 0 Å². The highest BCUT2D eigenvalue weighted by Gasteiger charge is 2.38. The van der Waals surface area contributed by atoms with Crippen LogP contribution in [0.3, 0.4) is 0 Å². The summed E-state index contributed by atoms with van der Waals surface area (Å²) in [6, 6.07) is -2.36. The molecule has 0 spiro atoms. The van der Waals surface area contributed by atoms with E-state index < -0.39 is 48.4 Å². The van der Waals surface area contributed by atoms with Gasteiger partial charge in [0.25, 0.3) is 0 Å². The van der Waals surface area contributed by atoms with Gasteiger partial charge in [-0.2, -0.15) is 11.8 Å². The van der Waals surface area contributed by atoms with E-state index in [1.165, 1.54) is 11.8 Å². The van der Waals surface area contributed by atoms with Crippen LogP contribution in [0, 0.1) is 5.92 Å². The molecular weight excluding hydrogens is 578 g/mol. The van der Waals surface area contributed by atoms with E-state index in [2.05, 4.69) is 17.6 Å². The monoisotopic (exact) mass is 623 g/mol. The SMILES string of the molecule is CCCCC/C=C/C=C1/C(=O)C[C@@H](SC[C@H](NC(=O)CC[C@H](N)C(=O)O)C(=O)NCC(=O)O)[C@@H]1C/C=C\CCCC(=O)O. The average molecular weight is 624 g/mol. The van der Waals surface area contributed by atoms with Crippen LogP contribution in [0.4, 0.5) is 0 Å². The number of thioether (sulfide) groups is 1. The lowest BCUT2D eigenvalue weighted by Crippen LogP contribution is -2.49. The highest BCUT2D eigenvalue weighted by Crippen LogP contribution is 2.39. The zero-order valence-corrected chi connectivity index (χ0v) is 25.5. The van der Waals surface area contributed by atoms with Crippen LogP contribution in [0.5, 0.6) is 0 Å². The van der Waals surface area contributed by atoms with Gasteiger partial charge in [-0.3, -0.25) is 28.8 Å². The van der Waals surface area contributed by atoms with E-state index in [4.69, 9.17) is 21.1 Å². The van der Waals surface area contributed by atoms with E-state index in [1.807, 2.05) is 30.4 Å². The Labute approximate surface area is 256 Å². The van der Waals surface area contributed by atoms with E-state index in [9.17, 15) is 28.8 Å². The lowest BCUT2D eigenvalue weighted by molar-refractivity contribution is -0.139. The predicted octanol–water partition coefficient (Wildman–Crippen LogP) is 2.82. The zero-order chi connectivity index (χ0) is 32.2. The largest absolute Gasteiger partial charge is 0.481 e. The van der Waals surface area contributed by atoms with Gasteiger partial charge in [0, 0.05) is 36.2 Å². The van der Waals surface area contributed by atoms with Crippen molar-refractivity contribution >= 4 is 47.3 Å². The molecule has 4 atom stereocenters. The molecule has 13 heteroatoms. The van der Waals surface area contributed by atoms with Crippen LogP contribution in [0.2, 0.25) is 0 Å². The molecule has 240 valence electrons. The van der Waals surface area contributed by atoms with E-state index in [0.717, 1.165) is 25.7 Å². The molecule has 1 rings (SSSR count). The molecule has 1 aliphatic rings. The molecule has 7 N–H and O–H groups in total. The first-order valence-corrected chi connectivity index (χ1v) is 15.7. The lowest BCUT2D eigenvalue weighted by Gasteiger charge is -2.22. The molecule has 12 nitrogen and oxygen atoms in total. The third kappa shape index (κ3) is 16.1. The van der Waals surface area contributed by atoms with E-state index >= 15 is 0 Å². The Morgan fingerprint density at radius 2 is 1.72 bits per heavy atom. The quantitative estimate of drug-likeness (QED) is 0.0586. The first-order valence-electron chi connectivity index (χ1n) is 14.6. The lowest BCUT2D eigenvalue weighted by atomic mass is 9.97. The zero-order valence-electron chi connectivity index (χ0n) is 24.7. The number of allylic oxidation sites excluding steroid dienone is 6. The minimum atomic E-state index is -1.26. The number of nitrogens with one attached hydrogen (secondary N) is 2. The number of carbonyl (C=O) groups excluding carboxylic acids is 3. The van der Waals surface area contributed by atoms with Crippen LogP contribution < -0.4 is 16.4 Å². The van der Waals surface area contributed by atoms with Crippen LogP contribution in [0.25, 0.3) is 0 Å². The number of carboxylic acid groups (broad SMARTS) is 3. The second-order valence-electron chi connectivity index (χ2n) is 10.4. The number of carboxylic acids is 3. The first-order chi connectivity index (χ1) is 20.5. The van der Waals surface area contributed by atoms with Crippen LogP contribution in [-0.2, 0) is 28.8 Å². The summed E-state index contributed by atoms with van der Waals surface area (Å²) in [6.07, 6.45) is 15.3. The predicted molar refractivity (Wildman–Crippen MR) is 163 cm³/mol. The molecule has 0 saturated heterocycles. The third-order valence-electron chi connectivity index (χ3n) is 6.80. The topological polar surface area (TPSA) is 213 Å². The molecule has 0 aliphatic heterocycles. The maximum absolute atomic E-state index is 13.0. The van der Waals surface area contributed by atoms with E-state index in [-0.39, 0.29) is 48.4 Å². The van der Waals surface area contributed by atoms with Crippen LogP contribution >= 0.6 is 11.8 Å². The smallest absolute Gasteiger partial charge is 0.322 e. The molecule has 2 amide bonds. The van der Waals surface area contributed by atoms with Gasteiger partial charge in [0.1, 0.15) is 18.6 Å². The Balaban J connectivity index is 3.02. The highest BCUT2D eigenvalue weighted by molar-refractivity contribution is 8.00. The van der Waals surface area contributed by atoms with E-state index in [0.29, 0.717) is 24.8 Å². The van der Waals surface area contributed by atoms with Crippen molar-refractivity contribution in [3.63, 3.8) is 0 Å². The van der Waals surface area contributed by atoms with Crippen molar-refractivity contribution in [2.24, 2.45) is 11.7 Å². The second kappa shape index (κ2) is 21.3. The Kier molecular flexibility index (Phi) is 18.6. The van der Waals surface area contributed by atoms with Crippen LogP contribution in [0.1, 0.15) is 77.6 Å². The summed E-state index contributed by atoms with van der Waals surface area (Å²) in [5, 5.41) is 31.3. The average Bonchev–Trinajstić information content (AvgIpc) is 3.25. The molecule has 0 heterocycles. The number of ketones is 1. The van der Waals surface area contributed by atoms with Gasteiger partial charge in [0.05, 0.1) is 0 Å². The summed E-state index contributed by atoms with van der Waals surface area (Å²) in [5.74, 6) is -4.83. The fraction of sp³-hybridized carbons (Fsp3) is 0.600. The van der Waals surface area contributed by atoms with Crippen molar-refractivity contribution in [3.05, 3.63) is 36.0 Å². The Hall–Kier alpha value is -3.45. The van der Waals surface area contributed by atoms with Crippen molar-refractivity contribution < 1.29 is 44.1 Å². The van der Waals surface area contributed by atoms with Gasteiger partial charge in [0.15, 0.2) is 5.78 Å². The number of amides is 2. The Bertz CT molecular complexity index is 1060. The van der Waals surface area contributed by atoms with Crippen molar-refractivity contribution in [1.82, 2.24) is 10.6 Å². The molecule has 0 bridgehead atoms. The molecule has 0 radical (unpaired) electrons. The van der Waals surface area contributed by atoms with Crippen LogP contribution in [-0.4, -0.2) is 80.5 Å². The molecule has 43 heavy (non-hydrogen) atoms. The Morgan fingerprint density at radius 3 is 2.37 bits per heavy atom. The molecule has 0 unspecified atom stereocenters. The fourth-order valence-electron chi connectivity index (χ4n) is 4.40. The summed E-state index contributed by atoms with van der Waals surface area (Å²) in [5.41, 5.74) is 6.13. The number of Topliss-reactive ketones (excluding diaryl/α,β-unsaturated/α-hetero) is 1. The normalized spacial score (nSPS) is 19.1. The van der Waals surface area contributed by atoms with Gasteiger partial charge in [-0.1, -0.05) is 50.1 Å². The number of hydrogen-bond donors (Lipinski definition) is 6. The van der Waals surface area contributed by atoms with Gasteiger partial charge in [0.2, 0.25) is 11.8 Å². The highest BCUT2D eigenvalue weighted by atomic mass is 32.2. The van der Waals surface area contributed by atoms with Gasteiger partial charge >= 0.3 is 17.9 Å². The minimum Gasteiger partial charge on any atom is -0.481 e. The van der Waals surface area contributed by atoms with Gasteiger partial charge in [-0.15, -0.1) is 0 Å². The summed E-state index contributed by atoms with van der Waals surface area (Å²) in [7, 11) is 0. The van der Waals surface area contributed by atoms with Crippen LogP contribution in [0.15, 0.2) is 36.0 Å². The molecule has 1 aliphatic carbocycles. The number of hydrogen-bond acceptors (Lipinski definition) is 8. The molecule has 0 aromatic carbocycles. The number of rotatable bonds is 22. The number of carbonyl (C=O) groups is 6. The third-order valence-corrected chi connectivity index (χ3v) is 8.25. The summed E-state index contributed by atoms with van der Waals surface area (Å²) in [4.78, 5) is 71.0. The fourth-order valence-corrected chi connectivity index (χ4v) is 5.83. The second-order valence-corrected chi connectivity index (χ2v) is 11.6. The molecule has 0 aromatic heterocycles. The Morgan fingerprint density at radius 1 is 1.00 bits per heavy atom. The molecule has 0 aromatic rings. The van der Waals surface area contributed by atoms with Gasteiger partial charge < -0.3 is 31.7 Å². The summed E-state index contributed by atoms with van der Waals surface area (Å²) >= 11 is 1.32.